The van der Waals surface area contributed by atoms with Gasteiger partial charge in [-0.3, -0.25) is 14.8 Å². The van der Waals surface area contributed by atoms with Gasteiger partial charge in [-0.15, -0.1) is 0 Å². The second-order valence-electron chi connectivity index (χ2n) is 8.67. The number of carbonyl (C=O) groups excluding carboxylic acids is 1. The van der Waals surface area contributed by atoms with Crippen molar-refractivity contribution in [2.75, 3.05) is 0 Å². The summed E-state index contributed by atoms with van der Waals surface area (Å²) >= 11 is 0. The first-order valence-corrected chi connectivity index (χ1v) is 10.9. The zero-order valence-electron chi connectivity index (χ0n) is 18.0. The number of alkyl halides is 3. The number of aromatic nitrogens is 4. The van der Waals surface area contributed by atoms with Gasteiger partial charge in [0.25, 0.3) is 5.91 Å². The van der Waals surface area contributed by atoms with Gasteiger partial charge in [0.15, 0.2) is 5.82 Å². The fraction of sp³-hybridized carbons (Fsp3) is 0.375. The van der Waals surface area contributed by atoms with Crippen LogP contribution in [-0.4, -0.2) is 42.8 Å². The van der Waals surface area contributed by atoms with E-state index in [9.17, 15) is 18.0 Å². The lowest BCUT2D eigenvalue weighted by molar-refractivity contribution is -0.137. The van der Waals surface area contributed by atoms with Crippen molar-refractivity contribution in [2.45, 2.75) is 50.9 Å². The molecular weight excluding hydrogens is 431 g/mol. The van der Waals surface area contributed by atoms with Gasteiger partial charge in [0.2, 0.25) is 0 Å². The summed E-state index contributed by atoms with van der Waals surface area (Å²) in [5, 5.41) is 0. The number of amides is 1. The molecule has 2 aliphatic heterocycles. The Hall–Kier alpha value is -3.36. The zero-order valence-corrected chi connectivity index (χ0v) is 18.0. The van der Waals surface area contributed by atoms with Crippen LogP contribution < -0.4 is 0 Å². The maximum atomic E-state index is 13.7. The minimum Gasteiger partial charge on any atom is -0.331 e. The number of carbonyl (C=O) groups is 1. The Kier molecular flexibility index (Phi) is 5.34. The largest absolute Gasteiger partial charge is 0.417 e. The number of pyridine rings is 2. The first kappa shape index (κ1) is 21.5. The highest BCUT2D eigenvalue weighted by Gasteiger charge is 2.49. The fourth-order valence-corrected chi connectivity index (χ4v) is 5.18. The average molecular weight is 453 g/mol. The van der Waals surface area contributed by atoms with Crippen molar-refractivity contribution >= 4 is 5.91 Å². The van der Waals surface area contributed by atoms with Crippen molar-refractivity contribution in [3.8, 4) is 11.4 Å². The Labute approximate surface area is 188 Å². The van der Waals surface area contributed by atoms with Crippen LogP contribution in [0.1, 0.15) is 46.6 Å². The minimum atomic E-state index is -4.40. The molecule has 3 aromatic rings. The van der Waals surface area contributed by atoms with E-state index in [2.05, 4.69) is 19.9 Å². The van der Waals surface area contributed by atoms with Gasteiger partial charge in [-0.05, 0) is 68.4 Å². The standard InChI is InChI=1S/C24H22F3N5O/c1-14-7-10-28-21(20(14)22-29-8-2-9-30-22)23(33)32-18-5-6-19(32)15(12-18)11-17-4-3-16(13-31-17)24(25,26)27/h2-4,7-10,13,15,18-19H,5-6,11-12H2,1H3. The van der Waals surface area contributed by atoms with Crippen molar-refractivity contribution < 1.29 is 18.0 Å². The molecule has 33 heavy (non-hydrogen) atoms. The van der Waals surface area contributed by atoms with Crippen LogP contribution in [0.5, 0.6) is 0 Å². The van der Waals surface area contributed by atoms with Crippen LogP contribution in [0, 0.1) is 12.8 Å². The van der Waals surface area contributed by atoms with E-state index in [4.69, 9.17) is 0 Å². The maximum absolute atomic E-state index is 13.7. The summed E-state index contributed by atoms with van der Waals surface area (Å²) in [6.07, 6.45) is 4.50. The monoisotopic (exact) mass is 453 g/mol. The van der Waals surface area contributed by atoms with Gasteiger partial charge in [0.1, 0.15) is 5.69 Å². The predicted molar refractivity (Wildman–Crippen MR) is 114 cm³/mol. The second-order valence-corrected chi connectivity index (χ2v) is 8.67. The summed E-state index contributed by atoms with van der Waals surface area (Å²) in [5.41, 5.74) is 1.70. The summed E-state index contributed by atoms with van der Waals surface area (Å²) in [6.45, 7) is 1.90. The van der Waals surface area contributed by atoms with Crippen LogP contribution in [-0.2, 0) is 12.6 Å². The molecule has 5 heterocycles. The second kappa shape index (κ2) is 8.20. The van der Waals surface area contributed by atoms with Crippen LogP contribution in [0.25, 0.3) is 11.4 Å². The molecule has 2 aliphatic rings. The Bertz CT molecular complexity index is 1170. The molecule has 2 fully saturated rings. The average Bonchev–Trinajstić information content (AvgIpc) is 3.36. The van der Waals surface area contributed by atoms with Crippen LogP contribution in [0.15, 0.2) is 49.1 Å². The molecular formula is C24H22F3N5O. The number of hydrogen-bond donors (Lipinski definition) is 0. The topological polar surface area (TPSA) is 71.9 Å². The molecule has 2 saturated heterocycles. The van der Waals surface area contributed by atoms with E-state index in [0.29, 0.717) is 29.2 Å². The molecule has 0 saturated carbocycles. The Morgan fingerprint density at radius 2 is 1.85 bits per heavy atom. The molecule has 0 aliphatic carbocycles. The molecule has 0 N–H and O–H groups in total. The van der Waals surface area contributed by atoms with E-state index >= 15 is 0 Å². The van der Waals surface area contributed by atoms with Gasteiger partial charge >= 0.3 is 6.18 Å². The predicted octanol–water partition coefficient (Wildman–Crippen LogP) is 4.50. The molecule has 6 nitrogen and oxygen atoms in total. The third-order valence-electron chi connectivity index (χ3n) is 6.67. The zero-order chi connectivity index (χ0) is 23.2. The summed E-state index contributed by atoms with van der Waals surface area (Å²) in [6, 6.07) is 6.17. The SMILES string of the molecule is Cc1ccnc(C(=O)N2C3CCC2C(Cc2ccc(C(F)(F)F)cn2)C3)c1-c1ncccn1. The summed E-state index contributed by atoms with van der Waals surface area (Å²) < 4.78 is 38.5. The van der Waals surface area contributed by atoms with E-state index in [1.54, 1.807) is 24.7 Å². The molecule has 9 heteroatoms. The smallest absolute Gasteiger partial charge is 0.331 e. The van der Waals surface area contributed by atoms with Crippen LogP contribution in [0.3, 0.4) is 0 Å². The Balaban J connectivity index is 1.39. The number of nitrogens with zero attached hydrogens (tertiary/aromatic N) is 5. The summed E-state index contributed by atoms with van der Waals surface area (Å²) in [7, 11) is 0. The van der Waals surface area contributed by atoms with Gasteiger partial charge in [-0.25, -0.2) is 9.97 Å². The highest BCUT2D eigenvalue weighted by atomic mass is 19.4. The van der Waals surface area contributed by atoms with Gasteiger partial charge in [0, 0.05) is 42.6 Å². The third-order valence-corrected chi connectivity index (χ3v) is 6.67. The Morgan fingerprint density at radius 1 is 1.06 bits per heavy atom. The van der Waals surface area contributed by atoms with Crippen molar-refractivity contribution in [2.24, 2.45) is 5.92 Å². The first-order chi connectivity index (χ1) is 15.8. The van der Waals surface area contributed by atoms with E-state index in [1.165, 1.54) is 6.07 Å². The fourth-order valence-electron chi connectivity index (χ4n) is 5.18. The van der Waals surface area contributed by atoms with E-state index in [-0.39, 0.29) is 23.9 Å². The van der Waals surface area contributed by atoms with Crippen LogP contribution in [0.2, 0.25) is 0 Å². The first-order valence-electron chi connectivity index (χ1n) is 10.9. The minimum absolute atomic E-state index is 0.0125. The summed E-state index contributed by atoms with van der Waals surface area (Å²) in [4.78, 5) is 32.7. The lowest BCUT2D eigenvalue weighted by atomic mass is 9.86. The molecule has 0 radical (unpaired) electrons. The molecule has 3 atom stereocenters. The van der Waals surface area contributed by atoms with E-state index in [1.807, 2.05) is 17.9 Å². The molecule has 0 aromatic carbocycles. The highest BCUT2D eigenvalue weighted by molar-refractivity contribution is 5.99. The van der Waals surface area contributed by atoms with Gasteiger partial charge in [-0.2, -0.15) is 13.2 Å². The number of hydrogen-bond acceptors (Lipinski definition) is 5. The highest BCUT2D eigenvalue weighted by Crippen LogP contribution is 2.44. The van der Waals surface area contributed by atoms with Crippen molar-refractivity contribution in [3.05, 3.63) is 71.6 Å². The molecule has 5 rings (SSSR count). The molecule has 2 bridgehead atoms. The third kappa shape index (κ3) is 3.96. The van der Waals surface area contributed by atoms with E-state index in [0.717, 1.165) is 37.1 Å². The quantitative estimate of drug-likeness (QED) is 0.582. The molecule has 0 spiro atoms. The summed E-state index contributed by atoms with van der Waals surface area (Å²) in [5.74, 6) is 0.471. The molecule has 3 aromatic heterocycles. The molecule has 1 amide bonds. The van der Waals surface area contributed by atoms with Crippen LogP contribution in [0.4, 0.5) is 13.2 Å². The molecule has 170 valence electrons. The molecule has 3 unspecified atom stereocenters. The van der Waals surface area contributed by atoms with Gasteiger partial charge in [-0.1, -0.05) is 0 Å². The maximum Gasteiger partial charge on any atom is 0.417 e. The lowest BCUT2D eigenvalue weighted by Crippen LogP contribution is -2.37. The number of aryl methyl sites for hydroxylation is 1. The number of rotatable bonds is 4. The number of fused-ring (bicyclic) bond motifs is 2. The van der Waals surface area contributed by atoms with E-state index < -0.39 is 11.7 Å². The van der Waals surface area contributed by atoms with Crippen molar-refractivity contribution in [3.63, 3.8) is 0 Å². The normalized spacial score (nSPS) is 22.1. The number of halogens is 3. The Morgan fingerprint density at radius 3 is 2.55 bits per heavy atom. The van der Waals surface area contributed by atoms with Crippen molar-refractivity contribution in [1.29, 1.82) is 0 Å². The van der Waals surface area contributed by atoms with Crippen molar-refractivity contribution in [1.82, 2.24) is 24.8 Å². The lowest BCUT2D eigenvalue weighted by Gasteiger charge is -2.25. The van der Waals surface area contributed by atoms with Gasteiger partial charge < -0.3 is 4.90 Å². The van der Waals surface area contributed by atoms with Gasteiger partial charge in [0.05, 0.1) is 11.1 Å². The van der Waals surface area contributed by atoms with Crippen LogP contribution >= 0.6 is 0 Å².